The Bertz CT molecular complexity index is 844. The van der Waals surface area contributed by atoms with Crippen molar-refractivity contribution in [3.63, 3.8) is 0 Å². The van der Waals surface area contributed by atoms with Gasteiger partial charge in [0.05, 0.1) is 17.1 Å². The van der Waals surface area contributed by atoms with Crippen LogP contribution < -0.4 is 11.4 Å². The van der Waals surface area contributed by atoms with Crippen molar-refractivity contribution in [2.24, 2.45) is 19.8 Å². The second kappa shape index (κ2) is 4.64. The molecule has 104 valence electrons. The molecule has 0 aliphatic rings. The zero-order valence-electron chi connectivity index (χ0n) is 11.1. The number of rotatable bonds is 2. The molecule has 20 heavy (non-hydrogen) atoms. The molecule has 0 fully saturated rings. The van der Waals surface area contributed by atoms with E-state index in [-0.39, 0.29) is 11.7 Å². The summed E-state index contributed by atoms with van der Waals surface area (Å²) in [5.74, 6) is 0.678. The first kappa shape index (κ1) is 13.2. The van der Waals surface area contributed by atoms with Gasteiger partial charge >= 0.3 is 5.69 Å². The Morgan fingerprint density at radius 1 is 1.15 bits per heavy atom. The Morgan fingerprint density at radius 3 is 2.50 bits per heavy atom. The zero-order chi connectivity index (χ0) is 14.4. The van der Waals surface area contributed by atoms with Crippen molar-refractivity contribution in [2.45, 2.75) is 6.04 Å². The summed E-state index contributed by atoms with van der Waals surface area (Å²) in [6, 6.07) is 9.04. The van der Waals surface area contributed by atoms with Gasteiger partial charge in [0, 0.05) is 14.1 Å². The lowest BCUT2D eigenvalue weighted by atomic mass is 10.0. The largest absolute Gasteiger partial charge is 0.452 e. The number of fused-ring (bicyclic) bond motifs is 1. The Hall–Kier alpha value is -1.79. The fourth-order valence-corrected chi connectivity index (χ4v) is 2.70. The average Bonchev–Trinajstić information content (AvgIpc) is 2.97. The van der Waals surface area contributed by atoms with E-state index < -0.39 is 0 Å². The number of hydrogen-bond donors (Lipinski definition) is 1. The quantitative estimate of drug-likeness (QED) is 0.781. The summed E-state index contributed by atoms with van der Waals surface area (Å²) in [4.78, 5) is 11.9. The van der Waals surface area contributed by atoms with Crippen LogP contribution in [0.5, 0.6) is 0 Å². The highest BCUT2D eigenvalue weighted by atomic mass is 79.9. The van der Waals surface area contributed by atoms with Crippen LogP contribution >= 0.6 is 15.9 Å². The average molecular weight is 336 g/mol. The molecule has 2 N–H and O–H groups in total. The second-order valence-electron chi connectivity index (χ2n) is 4.77. The highest BCUT2D eigenvalue weighted by molar-refractivity contribution is 9.10. The Kier molecular flexibility index (Phi) is 3.07. The minimum Gasteiger partial charge on any atom is -0.452 e. The maximum Gasteiger partial charge on any atom is 0.328 e. The summed E-state index contributed by atoms with van der Waals surface area (Å²) >= 11 is 3.27. The molecule has 0 aliphatic heterocycles. The van der Waals surface area contributed by atoms with Crippen LogP contribution in [0.25, 0.3) is 11.0 Å². The molecule has 0 saturated carbocycles. The Labute approximate surface area is 123 Å². The van der Waals surface area contributed by atoms with Crippen molar-refractivity contribution in [2.75, 3.05) is 0 Å². The lowest BCUT2D eigenvalue weighted by Crippen LogP contribution is -2.19. The van der Waals surface area contributed by atoms with Crippen molar-refractivity contribution in [1.82, 2.24) is 9.13 Å². The first-order chi connectivity index (χ1) is 9.49. The van der Waals surface area contributed by atoms with Crippen molar-refractivity contribution in [3.8, 4) is 0 Å². The maximum atomic E-state index is 11.9. The van der Waals surface area contributed by atoms with Crippen LogP contribution in [0, 0.1) is 0 Å². The first-order valence-corrected chi connectivity index (χ1v) is 6.94. The van der Waals surface area contributed by atoms with Gasteiger partial charge in [-0.1, -0.05) is 6.07 Å². The second-order valence-corrected chi connectivity index (χ2v) is 5.55. The minimum absolute atomic E-state index is 0.0496. The fourth-order valence-electron chi connectivity index (χ4n) is 2.38. The van der Waals surface area contributed by atoms with Gasteiger partial charge < -0.3 is 10.2 Å². The number of imidazole rings is 1. The summed E-state index contributed by atoms with van der Waals surface area (Å²) in [6.45, 7) is 0. The third kappa shape index (κ3) is 1.92. The van der Waals surface area contributed by atoms with Gasteiger partial charge in [0.15, 0.2) is 4.67 Å². The fraction of sp³-hybridized carbons (Fsp3) is 0.214. The van der Waals surface area contributed by atoms with Gasteiger partial charge in [-0.2, -0.15) is 0 Å². The van der Waals surface area contributed by atoms with E-state index in [1.165, 1.54) is 0 Å². The van der Waals surface area contributed by atoms with Gasteiger partial charge in [0.1, 0.15) is 5.76 Å². The molecule has 6 heteroatoms. The zero-order valence-corrected chi connectivity index (χ0v) is 12.7. The van der Waals surface area contributed by atoms with Gasteiger partial charge in [0.2, 0.25) is 0 Å². The maximum absolute atomic E-state index is 11.9. The van der Waals surface area contributed by atoms with Crippen LogP contribution in [0.3, 0.4) is 0 Å². The molecule has 3 rings (SSSR count). The number of aryl methyl sites for hydroxylation is 2. The number of furan rings is 1. The van der Waals surface area contributed by atoms with Gasteiger partial charge in [-0.25, -0.2) is 4.79 Å². The summed E-state index contributed by atoms with van der Waals surface area (Å²) in [5, 5.41) is 0. The number of hydrogen-bond acceptors (Lipinski definition) is 3. The number of nitrogens with two attached hydrogens (primary N) is 1. The van der Waals surface area contributed by atoms with Crippen molar-refractivity contribution in [3.05, 3.63) is 56.8 Å². The Morgan fingerprint density at radius 2 is 1.85 bits per heavy atom. The van der Waals surface area contributed by atoms with E-state index >= 15 is 0 Å². The normalized spacial score (nSPS) is 13.0. The van der Waals surface area contributed by atoms with E-state index in [4.69, 9.17) is 10.2 Å². The third-order valence-corrected chi connectivity index (χ3v) is 3.98. The molecule has 0 spiro atoms. The molecule has 1 atom stereocenters. The monoisotopic (exact) mass is 335 g/mol. The van der Waals surface area contributed by atoms with E-state index in [1.54, 1.807) is 23.2 Å². The van der Waals surface area contributed by atoms with Crippen LogP contribution in [-0.2, 0) is 14.1 Å². The first-order valence-electron chi connectivity index (χ1n) is 6.15. The van der Waals surface area contributed by atoms with Gasteiger partial charge in [0.25, 0.3) is 0 Å². The molecule has 1 aromatic carbocycles. The molecule has 1 unspecified atom stereocenters. The van der Waals surface area contributed by atoms with Crippen LogP contribution in [0.15, 0.2) is 44.2 Å². The number of benzene rings is 1. The number of nitrogens with zero attached hydrogens (tertiary/aromatic N) is 2. The van der Waals surface area contributed by atoms with Crippen molar-refractivity contribution in [1.29, 1.82) is 0 Å². The summed E-state index contributed by atoms with van der Waals surface area (Å²) in [6.07, 6.45) is 0. The lowest BCUT2D eigenvalue weighted by Gasteiger charge is -2.09. The Balaban J connectivity index is 2.14. The smallest absolute Gasteiger partial charge is 0.328 e. The van der Waals surface area contributed by atoms with E-state index in [0.29, 0.717) is 10.4 Å². The molecule has 2 aromatic heterocycles. The van der Waals surface area contributed by atoms with E-state index in [0.717, 1.165) is 16.6 Å². The van der Waals surface area contributed by atoms with E-state index in [1.807, 2.05) is 30.3 Å². The molecular formula is C14H14BrN3O2. The SMILES string of the molecule is Cn1c(=O)n(C)c2cc(C(N)c3ccc(Br)o3)ccc21. The van der Waals surface area contributed by atoms with Crippen LogP contribution in [-0.4, -0.2) is 9.13 Å². The molecule has 0 saturated heterocycles. The van der Waals surface area contributed by atoms with Crippen LogP contribution in [0.4, 0.5) is 0 Å². The van der Waals surface area contributed by atoms with Gasteiger partial charge in [-0.05, 0) is 45.8 Å². The van der Waals surface area contributed by atoms with Crippen molar-refractivity contribution >= 4 is 27.0 Å². The standard InChI is InChI=1S/C14H14BrN3O2/c1-17-9-4-3-8(7-10(9)18(2)14(17)19)13(16)11-5-6-12(15)20-11/h3-7,13H,16H2,1-2H3. The molecule has 3 aromatic rings. The molecule has 0 bridgehead atoms. The summed E-state index contributed by atoms with van der Waals surface area (Å²) in [7, 11) is 3.51. The molecular weight excluding hydrogens is 322 g/mol. The highest BCUT2D eigenvalue weighted by Crippen LogP contribution is 2.26. The summed E-state index contributed by atoms with van der Waals surface area (Å²) < 4.78 is 9.37. The number of aromatic nitrogens is 2. The third-order valence-electron chi connectivity index (χ3n) is 3.56. The lowest BCUT2D eigenvalue weighted by molar-refractivity contribution is 0.470. The minimum atomic E-state index is -0.360. The molecule has 0 radical (unpaired) electrons. The topological polar surface area (TPSA) is 66.1 Å². The van der Waals surface area contributed by atoms with E-state index in [2.05, 4.69) is 15.9 Å². The van der Waals surface area contributed by atoms with E-state index in [9.17, 15) is 4.79 Å². The predicted molar refractivity (Wildman–Crippen MR) is 80.6 cm³/mol. The number of halogens is 1. The van der Waals surface area contributed by atoms with Crippen LogP contribution in [0.1, 0.15) is 17.4 Å². The predicted octanol–water partition coefficient (Wildman–Crippen LogP) is 2.28. The van der Waals surface area contributed by atoms with Crippen LogP contribution in [0.2, 0.25) is 0 Å². The van der Waals surface area contributed by atoms with Gasteiger partial charge in [-0.15, -0.1) is 0 Å². The molecule has 2 heterocycles. The molecule has 0 amide bonds. The summed E-state index contributed by atoms with van der Waals surface area (Å²) in [5.41, 5.74) is 8.80. The van der Waals surface area contributed by atoms with Crippen molar-refractivity contribution < 1.29 is 4.42 Å². The molecule has 5 nitrogen and oxygen atoms in total. The van der Waals surface area contributed by atoms with Gasteiger partial charge in [-0.3, -0.25) is 9.13 Å². The highest BCUT2D eigenvalue weighted by Gasteiger charge is 2.15. The molecule has 0 aliphatic carbocycles.